The fourth-order valence-corrected chi connectivity index (χ4v) is 6.30. The zero-order valence-corrected chi connectivity index (χ0v) is 16.3. The molecule has 3 unspecified atom stereocenters. The van der Waals surface area contributed by atoms with E-state index in [-0.39, 0.29) is 0 Å². The van der Waals surface area contributed by atoms with Crippen LogP contribution >= 0.6 is 0 Å². The second-order valence-electron chi connectivity index (χ2n) is 8.94. The lowest BCUT2D eigenvalue weighted by molar-refractivity contribution is 0.190. The molecule has 2 aromatic carbocycles. The average Bonchev–Trinajstić information content (AvgIpc) is 3.20. The third-order valence-electron chi connectivity index (χ3n) is 7.55. The third-order valence-corrected chi connectivity index (χ3v) is 7.55. The lowest BCUT2D eigenvalue weighted by atomic mass is 9.63. The number of hydrogen-bond donors (Lipinski definition) is 1. The molecule has 2 aromatic rings. The highest BCUT2D eigenvalue weighted by Crippen LogP contribution is 2.61. The summed E-state index contributed by atoms with van der Waals surface area (Å²) in [5, 5.41) is 12.4. The largest absolute Gasteiger partial charge is 0.411 e. The van der Waals surface area contributed by atoms with E-state index in [1.807, 2.05) is 19.1 Å². The second kappa shape index (κ2) is 6.20. The van der Waals surface area contributed by atoms with E-state index < -0.39 is 0 Å². The fraction of sp³-hybridized carbons (Fsp3) is 0.458. The van der Waals surface area contributed by atoms with Crippen LogP contribution < -0.4 is 0 Å². The third kappa shape index (κ3) is 2.55. The van der Waals surface area contributed by atoms with Crippen molar-refractivity contribution in [3.8, 4) is 11.1 Å². The molecule has 1 heterocycles. The van der Waals surface area contributed by atoms with Crippen molar-refractivity contribution in [2.24, 2.45) is 16.5 Å². The standard InChI is InChI=1S/C24H28N2O/c1-16(25-27)17-4-3-5-18(12-17)19-6-8-22-20(13-19)10-11-24-15-26(2)14-21(24)7-9-23(22)24/h3-6,8,12-13,21,23,27H,7,9-11,14-15H2,1-2H3/b25-16-. The number of fused-ring (bicyclic) bond motifs is 2. The first-order valence-electron chi connectivity index (χ1n) is 10.2. The van der Waals surface area contributed by atoms with Crippen LogP contribution in [0.3, 0.4) is 0 Å². The van der Waals surface area contributed by atoms with Gasteiger partial charge in [-0.05, 0) is 90.8 Å². The van der Waals surface area contributed by atoms with Crippen molar-refractivity contribution >= 4 is 5.71 Å². The number of aryl methyl sites for hydroxylation is 1. The fourth-order valence-electron chi connectivity index (χ4n) is 6.30. The SMILES string of the molecule is C/C(=N/O)c1cccc(-c2ccc3c(c2)CCC24CN(C)CC2CCC34)c1. The van der Waals surface area contributed by atoms with Crippen molar-refractivity contribution in [1.82, 2.24) is 4.90 Å². The number of oxime groups is 1. The predicted octanol–water partition coefficient (Wildman–Crippen LogP) is 4.92. The van der Waals surface area contributed by atoms with Gasteiger partial charge in [0.05, 0.1) is 5.71 Å². The summed E-state index contributed by atoms with van der Waals surface area (Å²) in [6.07, 6.45) is 5.32. The summed E-state index contributed by atoms with van der Waals surface area (Å²) in [4.78, 5) is 2.56. The van der Waals surface area contributed by atoms with Gasteiger partial charge in [-0.15, -0.1) is 0 Å². The van der Waals surface area contributed by atoms with Gasteiger partial charge in [0.1, 0.15) is 0 Å². The molecule has 2 fully saturated rings. The Bertz CT molecular complexity index is 918. The zero-order chi connectivity index (χ0) is 18.6. The van der Waals surface area contributed by atoms with Gasteiger partial charge in [0.15, 0.2) is 0 Å². The molecule has 140 valence electrons. The Hall–Kier alpha value is -2.13. The lowest BCUT2D eigenvalue weighted by Gasteiger charge is -2.41. The minimum atomic E-state index is 0.540. The van der Waals surface area contributed by atoms with Crippen molar-refractivity contribution < 1.29 is 5.21 Å². The molecule has 5 rings (SSSR count). The quantitative estimate of drug-likeness (QED) is 0.469. The van der Waals surface area contributed by atoms with Gasteiger partial charge in [-0.1, -0.05) is 41.6 Å². The molecule has 1 spiro atoms. The molecule has 3 heteroatoms. The Morgan fingerprint density at radius 3 is 2.85 bits per heavy atom. The number of rotatable bonds is 2. The summed E-state index contributed by atoms with van der Waals surface area (Å²) in [5.74, 6) is 1.65. The summed E-state index contributed by atoms with van der Waals surface area (Å²) in [6, 6.07) is 15.4. The van der Waals surface area contributed by atoms with E-state index in [4.69, 9.17) is 5.21 Å². The highest BCUT2D eigenvalue weighted by molar-refractivity contribution is 5.99. The molecule has 1 saturated carbocycles. The maximum absolute atomic E-state index is 9.07. The maximum Gasteiger partial charge on any atom is 0.0837 e. The van der Waals surface area contributed by atoms with Crippen LogP contribution in [0.5, 0.6) is 0 Å². The summed E-state index contributed by atoms with van der Waals surface area (Å²) in [6.45, 7) is 4.41. The van der Waals surface area contributed by atoms with Gasteiger partial charge in [-0.3, -0.25) is 0 Å². The topological polar surface area (TPSA) is 35.8 Å². The molecular weight excluding hydrogens is 332 g/mol. The molecule has 0 amide bonds. The smallest absolute Gasteiger partial charge is 0.0837 e. The minimum Gasteiger partial charge on any atom is -0.411 e. The molecule has 3 nitrogen and oxygen atoms in total. The average molecular weight is 361 g/mol. The van der Waals surface area contributed by atoms with Crippen molar-refractivity contribution in [2.75, 3.05) is 20.1 Å². The Morgan fingerprint density at radius 2 is 2.00 bits per heavy atom. The number of hydrogen-bond acceptors (Lipinski definition) is 3. The van der Waals surface area contributed by atoms with Crippen molar-refractivity contribution in [2.45, 2.75) is 38.5 Å². The molecule has 0 bridgehead atoms. The van der Waals surface area contributed by atoms with Gasteiger partial charge in [0.2, 0.25) is 0 Å². The highest BCUT2D eigenvalue weighted by Gasteiger charge is 2.56. The van der Waals surface area contributed by atoms with Crippen LogP contribution in [-0.2, 0) is 6.42 Å². The summed E-state index contributed by atoms with van der Waals surface area (Å²) in [7, 11) is 2.30. The zero-order valence-electron chi connectivity index (χ0n) is 16.3. The number of benzene rings is 2. The molecular formula is C24H28N2O. The van der Waals surface area contributed by atoms with E-state index in [1.165, 1.54) is 49.9 Å². The molecule has 2 aliphatic carbocycles. The normalized spacial score (nSPS) is 30.1. The first kappa shape index (κ1) is 17.0. The van der Waals surface area contributed by atoms with Gasteiger partial charge in [0.25, 0.3) is 0 Å². The molecule has 1 saturated heterocycles. The Kier molecular flexibility index (Phi) is 3.90. The Labute approximate surface area is 161 Å². The monoisotopic (exact) mass is 360 g/mol. The van der Waals surface area contributed by atoms with Crippen LogP contribution in [0.25, 0.3) is 11.1 Å². The van der Waals surface area contributed by atoms with E-state index in [2.05, 4.69) is 47.4 Å². The summed E-state index contributed by atoms with van der Waals surface area (Å²) >= 11 is 0. The molecule has 3 aliphatic rings. The minimum absolute atomic E-state index is 0.540. The van der Waals surface area contributed by atoms with Crippen molar-refractivity contribution in [3.63, 3.8) is 0 Å². The molecule has 1 N–H and O–H groups in total. The van der Waals surface area contributed by atoms with Crippen LogP contribution in [-0.4, -0.2) is 36.0 Å². The molecule has 0 aromatic heterocycles. The maximum atomic E-state index is 9.07. The van der Waals surface area contributed by atoms with Crippen molar-refractivity contribution in [3.05, 3.63) is 59.2 Å². The lowest BCUT2D eigenvalue weighted by Crippen LogP contribution is -2.36. The van der Waals surface area contributed by atoms with Crippen LogP contribution in [0, 0.1) is 11.3 Å². The number of nitrogens with zero attached hydrogens (tertiary/aromatic N) is 2. The van der Waals surface area contributed by atoms with E-state index >= 15 is 0 Å². The highest BCUT2D eigenvalue weighted by atomic mass is 16.4. The summed E-state index contributed by atoms with van der Waals surface area (Å²) < 4.78 is 0. The van der Waals surface area contributed by atoms with E-state index in [1.54, 1.807) is 11.1 Å². The van der Waals surface area contributed by atoms with Crippen LogP contribution in [0.2, 0.25) is 0 Å². The number of likely N-dealkylation sites (tertiary alicyclic amines) is 1. The van der Waals surface area contributed by atoms with Gasteiger partial charge in [-0.25, -0.2) is 0 Å². The Morgan fingerprint density at radius 1 is 1.15 bits per heavy atom. The Balaban J connectivity index is 1.51. The van der Waals surface area contributed by atoms with Gasteiger partial charge in [-0.2, -0.15) is 0 Å². The first-order valence-corrected chi connectivity index (χ1v) is 10.2. The second-order valence-corrected chi connectivity index (χ2v) is 8.94. The van der Waals surface area contributed by atoms with Crippen LogP contribution in [0.1, 0.15) is 48.8 Å². The molecule has 27 heavy (non-hydrogen) atoms. The first-order chi connectivity index (χ1) is 13.1. The van der Waals surface area contributed by atoms with Gasteiger partial charge in [0, 0.05) is 13.1 Å². The molecule has 3 atom stereocenters. The predicted molar refractivity (Wildman–Crippen MR) is 110 cm³/mol. The molecule has 1 aliphatic heterocycles. The van der Waals surface area contributed by atoms with Crippen LogP contribution in [0.4, 0.5) is 0 Å². The van der Waals surface area contributed by atoms with E-state index in [0.717, 1.165) is 17.4 Å². The summed E-state index contributed by atoms with van der Waals surface area (Å²) in [5.41, 5.74) is 7.80. The van der Waals surface area contributed by atoms with Crippen molar-refractivity contribution in [1.29, 1.82) is 0 Å². The van der Waals surface area contributed by atoms with E-state index in [0.29, 0.717) is 11.1 Å². The van der Waals surface area contributed by atoms with Gasteiger partial charge >= 0.3 is 0 Å². The van der Waals surface area contributed by atoms with Gasteiger partial charge < -0.3 is 10.1 Å². The molecule has 0 radical (unpaired) electrons. The van der Waals surface area contributed by atoms with E-state index in [9.17, 15) is 0 Å². The van der Waals surface area contributed by atoms with Crippen LogP contribution in [0.15, 0.2) is 47.6 Å².